The lowest BCUT2D eigenvalue weighted by Gasteiger charge is -2.32. The van der Waals surface area contributed by atoms with Crippen LogP contribution in [-0.2, 0) is 32.5 Å². The van der Waals surface area contributed by atoms with Crippen molar-refractivity contribution in [2.45, 2.75) is 143 Å². The molecule has 402 valence electrons. The molecule has 2 aliphatic carbocycles. The fourth-order valence-corrected chi connectivity index (χ4v) is 13.5. The van der Waals surface area contributed by atoms with Crippen LogP contribution in [0.3, 0.4) is 0 Å². The van der Waals surface area contributed by atoms with E-state index in [1.165, 1.54) is 66.8 Å². The topological polar surface area (TPSA) is 32.8 Å². The zero-order valence-electron chi connectivity index (χ0n) is 49.9. The number of hydrogen-bond acceptors (Lipinski definition) is 4. The van der Waals surface area contributed by atoms with E-state index in [-0.39, 0.29) is 21.7 Å². The normalized spacial score (nSPS) is 14.7. The first kappa shape index (κ1) is 51.6. The van der Waals surface area contributed by atoms with Crippen LogP contribution in [0.15, 0.2) is 179 Å². The molecule has 13 rings (SSSR count). The summed E-state index contributed by atoms with van der Waals surface area (Å²) < 4.78 is 14.5. The molecule has 0 fully saturated rings. The molecule has 4 heteroatoms. The molecule has 4 nitrogen and oxygen atoms in total. The number of rotatable bonds is 6. The molecule has 0 aliphatic heterocycles. The molecular formula is C76H76N2O2. The van der Waals surface area contributed by atoms with E-state index < -0.39 is 10.8 Å². The van der Waals surface area contributed by atoms with E-state index in [4.69, 9.17) is 8.83 Å². The third-order valence-electron chi connectivity index (χ3n) is 18.0. The monoisotopic (exact) mass is 1050 g/mol. The minimum Gasteiger partial charge on any atom is -0.454 e. The molecule has 2 aromatic heterocycles. The minimum atomic E-state index is -0.426. The molecule has 0 bridgehead atoms. The van der Waals surface area contributed by atoms with Crippen LogP contribution < -0.4 is 9.80 Å². The summed E-state index contributed by atoms with van der Waals surface area (Å²) in [7, 11) is 0. The van der Waals surface area contributed by atoms with E-state index in [9.17, 15) is 0 Å². The Morgan fingerprint density at radius 1 is 0.338 bits per heavy atom. The smallest absolute Gasteiger partial charge is 0.160 e. The van der Waals surface area contributed by atoms with Crippen LogP contribution in [0.4, 0.5) is 34.1 Å². The molecule has 0 atom stereocenters. The highest BCUT2D eigenvalue weighted by atomic mass is 16.3. The van der Waals surface area contributed by atoms with E-state index >= 15 is 0 Å². The van der Waals surface area contributed by atoms with Gasteiger partial charge in [0, 0.05) is 55.1 Å². The van der Waals surface area contributed by atoms with Crippen LogP contribution in [0.25, 0.3) is 66.1 Å². The van der Waals surface area contributed by atoms with Gasteiger partial charge in [0.15, 0.2) is 11.2 Å². The van der Waals surface area contributed by atoms with E-state index in [2.05, 4.69) is 290 Å². The van der Waals surface area contributed by atoms with Crippen LogP contribution in [-0.4, -0.2) is 0 Å². The van der Waals surface area contributed by atoms with Crippen LogP contribution >= 0.6 is 0 Å². The van der Waals surface area contributed by atoms with E-state index in [1.807, 2.05) is 0 Å². The standard InChI is InChI=1S/C76H76N2O2/c1-71(2,3)45-25-33-49(34-26-45)77(50-35-27-46(28-36-50)72(4,5)6)59-43-57-63(65-53-21-17-19-23-61(53)79-69(59)65)55-41-42-56-64-58(76(15,16)68(56)67(55)75(57,13)14)44-60(70-66(64)54-22-18-20-24-62(54)80-70)78(51-37-29-47(30-38-51)73(7,8)9)52-39-31-48(32-40-52)74(10,11)12/h17-44H,1-16H3. The van der Waals surface area contributed by atoms with Crippen molar-refractivity contribution in [3.63, 3.8) is 0 Å². The van der Waals surface area contributed by atoms with Crippen molar-refractivity contribution in [1.29, 1.82) is 0 Å². The first-order valence-electron chi connectivity index (χ1n) is 28.9. The summed E-state index contributed by atoms with van der Waals surface area (Å²) in [6.45, 7) is 37.3. The Labute approximate surface area is 474 Å². The van der Waals surface area contributed by atoms with Crippen molar-refractivity contribution >= 4 is 78.0 Å². The molecule has 2 aliphatic rings. The summed E-state index contributed by atoms with van der Waals surface area (Å²) in [5.74, 6) is 0. The summed E-state index contributed by atoms with van der Waals surface area (Å²) in [6, 6.07) is 63.9. The van der Waals surface area contributed by atoms with Crippen LogP contribution in [0, 0.1) is 0 Å². The largest absolute Gasteiger partial charge is 0.454 e. The molecule has 0 radical (unpaired) electrons. The first-order chi connectivity index (χ1) is 37.7. The Kier molecular flexibility index (Phi) is 11.2. The Balaban J connectivity index is 1.06. The second-order valence-electron chi connectivity index (χ2n) is 28.3. The first-order valence-corrected chi connectivity index (χ1v) is 28.9. The van der Waals surface area contributed by atoms with E-state index in [0.29, 0.717) is 0 Å². The SMILES string of the molecule is CC(C)(C)c1ccc(N(c2ccc(C(C)(C)C)cc2)c2cc3c(c4c2oc2ccccc24)-c2ccc4c(c2C3(C)C)C(C)(C)c2cc(N(c3ccc(C(C)(C)C)cc3)c3ccc(C(C)(C)C)cc3)c3oc5ccccc5c3c2-4)cc1. The fraction of sp³-hybridized carbons (Fsp3) is 0.289. The van der Waals surface area contributed by atoms with Gasteiger partial charge in [0.25, 0.3) is 0 Å². The van der Waals surface area contributed by atoms with Gasteiger partial charge in [-0.2, -0.15) is 0 Å². The zero-order chi connectivity index (χ0) is 56.4. The molecule has 0 saturated carbocycles. The van der Waals surface area contributed by atoms with Gasteiger partial charge in [0.1, 0.15) is 11.2 Å². The molecule has 9 aromatic carbocycles. The number of hydrogen-bond donors (Lipinski definition) is 0. The average molecular weight is 1050 g/mol. The predicted octanol–water partition coefficient (Wildman–Crippen LogP) is 22.2. The number of furan rings is 2. The second-order valence-corrected chi connectivity index (χ2v) is 28.3. The van der Waals surface area contributed by atoms with Gasteiger partial charge in [-0.25, -0.2) is 0 Å². The summed E-state index contributed by atoms with van der Waals surface area (Å²) in [4.78, 5) is 4.88. The van der Waals surface area contributed by atoms with E-state index in [0.717, 1.165) is 78.0 Å². The zero-order valence-corrected chi connectivity index (χ0v) is 49.9. The van der Waals surface area contributed by atoms with Crippen molar-refractivity contribution < 1.29 is 8.83 Å². The minimum absolute atomic E-state index is 0.00889. The number of fused-ring (bicyclic) bond motifs is 15. The molecule has 0 unspecified atom stereocenters. The molecule has 2 heterocycles. The van der Waals surface area contributed by atoms with Gasteiger partial charge in [-0.15, -0.1) is 0 Å². The van der Waals surface area contributed by atoms with Gasteiger partial charge in [-0.3, -0.25) is 0 Å². The molecular weight excluding hydrogens is 973 g/mol. The summed E-state index contributed by atoms with van der Waals surface area (Å²) in [5.41, 5.74) is 24.8. The lowest BCUT2D eigenvalue weighted by Crippen LogP contribution is -2.24. The highest BCUT2D eigenvalue weighted by molar-refractivity contribution is 6.22. The average Bonchev–Trinajstić information content (AvgIpc) is 1.88. The summed E-state index contributed by atoms with van der Waals surface area (Å²) >= 11 is 0. The number of benzene rings is 9. The van der Waals surface area contributed by atoms with Crippen molar-refractivity contribution in [3.8, 4) is 22.3 Å². The Morgan fingerprint density at radius 3 is 0.887 bits per heavy atom. The molecule has 0 amide bonds. The summed E-state index contributed by atoms with van der Waals surface area (Å²) in [5, 5.41) is 4.57. The highest BCUT2D eigenvalue weighted by Gasteiger charge is 2.49. The van der Waals surface area contributed by atoms with Crippen LogP contribution in [0.5, 0.6) is 0 Å². The number of nitrogens with zero attached hydrogens (tertiary/aromatic N) is 2. The third-order valence-corrected chi connectivity index (χ3v) is 18.0. The van der Waals surface area contributed by atoms with Crippen LogP contribution in [0.2, 0.25) is 0 Å². The lowest BCUT2D eigenvalue weighted by atomic mass is 9.72. The molecule has 11 aromatic rings. The highest BCUT2D eigenvalue weighted by Crippen LogP contribution is 2.64. The molecule has 80 heavy (non-hydrogen) atoms. The van der Waals surface area contributed by atoms with Crippen molar-refractivity contribution in [1.82, 2.24) is 0 Å². The van der Waals surface area contributed by atoms with Gasteiger partial charge >= 0.3 is 0 Å². The Hall–Kier alpha value is -7.82. The van der Waals surface area contributed by atoms with Crippen LogP contribution in [0.1, 0.15) is 155 Å². The van der Waals surface area contributed by atoms with Crippen molar-refractivity contribution in [3.05, 3.63) is 214 Å². The van der Waals surface area contributed by atoms with Gasteiger partial charge in [0.05, 0.1) is 11.4 Å². The maximum absolute atomic E-state index is 7.23. The number of anilines is 6. The predicted molar refractivity (Wildman–Crippen MR) is 340 cm³/mol. The molecule has 0 saturated heterocycles. The van der Waals surface area contributed by atoms with Gasteiger partial charge in [-0.1, -0.05) is 208 Å². The van der Waals surface area contributed by atoms with Gasteiger partial charge in [0.2, 0.25) is 0 Å². The second kappa shape index (κ2) is 17.3. The molecule has 0 N–H and O–H groups in total. The summed E-state index contributed by atoms with van der Waals surface area (Å²) in [6.07, 6.45) is 0. The maximum Gasteiger partial charge on any atom is 0.160 e. The third kappa shape index (κ3) is 7.82. The lowest BCUT2D eigenvalue weighted by molar-refractivity contribution is 0.590. The quantitative estimate of drug-likeness (QED) is 0.166. The maximum atomic E-state index is 7.23. The number of para-hydroxylation sites is 2. The van der Waals surface area contributed by atoms with Crippen molar-refractivity contribution in [2.24, 2.45) is 0 Å². The molecule has 0 spiro atoms. The van der Waals surface area contributed by atoms with E-state index in [1.54, 1.807) is 0 Å². The van der Waals surface area contributed by atoms with Crippen molar-refractivity contribution in [2.75, 3.05) is 9.80 Å². The Bertz CT molecular complexity index is 3890. The van der Waals surface area contributed by atoms with Gasteiger partial charge in [-0.05, 0) is 161 Å². The fourth-order valence-electron chi connectivity index (χ4n) is 13.5. The Morgan fingerprint density at radius 2 is 0.613 bits per heavy atom. The van der Waals surface area contributed by atoms with Gasteiger partial charge < -0.3 is 18.6 Å².